The number of aromatic nitrogens is 3. The largest absolute Gasteiger partial charge is 0.309 e. The Balaban J connectivity index is 1.18. The van der Waals surface area contributed by atoms with Crippen molar-refractivity contribution in [3.8, 4) is 61.8 Å². The molecule has 266 valence electrons. The zero-order chi connectivity index (χ0) is 37.7. The molecule has 0 aliphatic carbocycles. The molecular weight excluding hydrogens is 691 g/mol. The van der Waals surface area contributed by atoms with Gasteiger partial charge in [0.25, 0.3) is 0 Å². The monoisotopic (exact) mass is 725 g/mol. The molecule has 9 aromatic carbocycles. The highest BCUT2D eigenvalue weighted by Gasteiger charge is 2.18. The van der Waals surface area contributed by atoms with Gasteiger partial charge in [-0.3, -0.25) is 0 Å². The summed E-state index contributed by atoms with van der Waals surface area (Å²) in [4.78, 5) is 10.5. The highest BCUT2D eigenvalue weighted by molar-refractivity contribution is 6.14. The molecule has 0 saturated carbocycles. The van der Waals surface area contributed by atoms with Crippen molar-refractivity contribution in [2.45, 2.75) is 0 Å². The molecule has 0 aliphatic rings. The smallest absolute Gasteiger partial charge is 0.160 e. The third-order valence-electron chi connectivity index (χ3n) is 11.2. The van der Waals surface area contributed by atoms with E-state index in [2.05, 4.69) is 199 Å². The summed E-state index contributed by atoms with van der Waals surface area (Å²) in [6, 6.07) is 75.8. The van der Waals surface area contributed by atoms with E-state index in [4.69, 9.17) is 9.97 Å². The maximum Gasteiger partial charge on any atom is 0.160 e. The van der Waals surface area contributed by atoms with E-state index < -0.39 is 0 Å². The van der Waals surface area contributed by atoms with Crippen LogP contribution < -0.4 is 0 Å². The van der Waals surface area contributed by atoms with Crippen LogP contribution in [0.1, 0.15) is 0 Å². The molecule has 57 heavy (non-hydrogen) atoms. The molecule has 0 amide bonds. The zero-order valence-corrected chi connectivity index (χ0v) is 31.0. The van der Waals surface area contributed by atoms with E-state index in [1.165, 1.54) is 49.0 Å². The number of benzene rings is 9. The topological polar surface area (TPSA) is 30.7 Å². The molecule has 11 aromatic rings. The summed E-state index contributed by atoms with van der Waals surface area (Å²) in [6.07, 6.45) is 0. The van der Waals surface area contributed by atoms with Crippen molar-refractivity contribution >= 4 is 43.4 Å². The van der Waals surface area contributed by atoms with Crippen LogP contribution >= 0.6 is 0 Å². The average Bonchev–Trinajstić information content (AvgIpc) is 3.63. The Labute approximate surface area is 330 Å². The maximum absolute atomic E-state index is 5.34. The van der Waals surface area contributed by atoms with Crippen molar-refractivity contribution in [2.24, 2.45) is 0 Å². The van der Waals surface area contributed by atoms with Crippen LogP contribution in [-0.4, -0.2) is 14.5 Å². The van der Waals surface area contributed by atoms with Crippen LogP contribution in [0.4, 0.5) is 0 Å². The van der Waals surface area contributed by atoms with Crippen molar-refractivity contribution in [1.29, 1.82) is 0 Å². The summed E-state index contributed by atoms with van der Waals surface area (Å²) in [5, 5.41) is 7.38. The minimum absolute atomic E-state index is 0.690. The first kappa shape index (κ1) is 32.8. The molecular formula is C54H35N3. The van der Waals surface area contributed by atoms with Crippen molar-refractivity contribution < 1.29 is 0 Å². The van der Waals surface area contributed by atoms with Crippen molar-refractivity contribution in [2.75, 3.05) is 0 Å². The third kappa shape index (κ3) is 5.76. The third-order valence-corrected chi connectivity index (χ3v) is 11.2. The van der Waals surface area contributed by atoms with Gasteiger partial charge in [-0.25, -0.2) is 9.97 Å². The van der Waals surface area contributed by atoms with Gasteiger partial charge in [-0.1, -0.05) is 170 Å². The Morgan fingerprint density at radius 3 is 1.47 bits per heavy atom. The quantitative estimate of drug-likeness (QED) is 0.160. The van der Waals surface area contributed by atoms with E-state index >= 15 is 0 Å². The zero-order valence-electron chi connectivity index (χ0n) is 31.0. The second-order valence-electron chi connectivity index (χ2n) is 14.6. The summed E-state index contributed by atoms with van der Waals surface area (Å²) in [6.45, 7) is 0. The Kier molecular flexibility index (Phi) is 7.82. The predicted molar refractivity (Wildman–Crippen MR) is 239 cm³/mol. The molecule has 2 heterocycles. The van der Waals surface area contributed by atoms with E-state index in [0.717, 1.165) is 50.4 Å². The fourth-order valence-electron chi connectivity index (χ4n) is 8.46. The molecule has 0 fully saturated rings. The molecule has 0 aliphatic heterocycles. The standard InChI is InChI=1S/C54H35N3/c1-3-15-36(16-4-1)37-27-29-38(30-28-37)50-35-51(56-54(55-50)39-17-5-2-6-18-39)42-31-41(49-34-40-19-7-8-20-44(40)45-21-9-10-22-46(45)49)32-43(33-42)57-52-25-13-11-23-47(52)48-24-12-14-26-53(48)57/h1-35H. The molecule has 0 atom stereocenters. The van der Waals surface area contributed by atoms with E-state index in [-0.39, 0.29) is 0 Å². The summed E-state index contributed by atoms with van der Waals surface area (Å²) < 4.78 is 2.41. The number of para-hydroxylation sites is 2. The molecule has 11 rings (SSSR count). The molecule has 0 bridgehead atoms. The molecule has 3 heteroatoms. The van der Waals surface area contributed by atoms with Gasteiger partial charge >= 0.3 is 0 Å². The van der Waals surface area contributed by atoms with Crippen molar-refractivity contribution in [3.05, 3.63) is 212 Å². The lowest BCUT2D eigenvalue weighted by Gasteiger charge is -2.17. The number of nitrogens with zero attached hydrogens (tertiary/aromatic N) is 3. The van der Waals surface area contributed by atoms with Gasteiger partial charge in [0.15, 0.2) is 5.82 Å². The average molecular weight is 726 g/mol. The van der Waals surface area contributed by atoms with E-state index in [1.54, 1.807) is 0 Å². The van der Waals surface area contributed by atoms with E-state index in [9.17, 15) is 0 Å². The van der Waals surface area contributed by atoms with Gasteiger partial charge in [0.2, 0.25) is 0 Å². The molecule has 0 saturated heterocycles. The van der Waals surface area contributed by atoms with Crippen LogP contribution in [0.15, 0.2) is 212 Å². The van der Waals surface area contributed by atoms with Gasteiger partial charge in [-0.05, 0) is 86.3 Å². The summed E-state index contributed by atoms with van der Waals surface area (Å²) >= 11 is 0. The lowest BCUT2D eigenvalue weighted by molar-refractivity contribution is 1.16. The van der Waals surface area contributed by atoms with E-state index in [0.29, 0.717) is 5.82 Å². The Hall–Kier alpha value is -7.62. The molecule has 0 radical (unpaired) electrons. The first-order chi connectivity index (χ1) is 28.2. The van der Waals surface area contributed by atoms with Crippen LogP contribution in [0.2, 0.25) is 0 Å². The van der Waals surface area contributed by atoms with Crippen LogP contribution in [0.5, 0.6) is 0 Å². The van der Waals surface area contributed by atoms with Crippen molar-refractivity contribution in [1.82, 2.24) is 14.5 Å². The van der Waals surface area contributed by atoms with E-state index in [1.807, 2.05) is 18.2 Å². The lowest BCUT2D eigenvalue weighted by Crippen LogP contribution is -1.99. The highest BCUT2D eigenvalue weighted by atomic mass is 15.0. The summed E-state index contributed by atoms with van der Waals surface area (Å²) in [5.74, 6) is 0.690. The minimum Gasteiger partial charge on any atom is -0.309 e. The Bertz CT molecular complexity index is 3220. The van der Waals surface area contributed by atoms with Gasteiger partial charge in [0.05, 0.1) is 22.4 Å². The Morgan fingerprint density at radius 2 is 0.789 bits per heavy atom. The van der Waals surface area contributed by atoms with Crippen LogP contribution in [0.3, 0.4) is 0 Å². The number of fused-ring (bicyclic) bond motifs is 6. The first-order valence-electron chi connectivity index (χ1n) is 19.4. The first-order valence-corrected chi connectivity index (χ1v) is 19.4. The molecule has 0 spiro atoms. The molecule has 3 nitrogen and oxygen atoms in total. The predicted octanol–water partition coefficient (Wildman–Crippen LogP) is 14.2. The minimum atomic E-state index is 0.690. The summed E-state index contributed by atoms with van der Waals surface area (Å²) in [5.41, 5.74) is 12.8. The number of hydrogen-bond donors (Lipinski definition) is 0. The van der Waals surface area contributed by atoms with Crippen molar-refractivity contribution in [3.63, 3.8) is 0 Å². The molecule has 0 unspecified atom stereocenters. The number of rotatable bonds is 6. The van der Waals surface area contributed by atoms with Gasteiger partial charge in [0.1, 0.15) is 0 Å². The fraction of sp³-hybridized carbons (Fsp3) is 0. The van der Waals surface area contributed by atoms with Crippen LogP contribution in [0, 0.1) is 0 Å². The Morgan fingerprint density at radius 1 is 0.298 bits per heavy atom. The SMILES string of the molecule is c1ccc(-c2ccc(-c3cc(-c4cc(-c5cc6ccccc6c6ccccc56)cc(-n5c6ccccc6c6ccccc65)c4)nc(-c4ccccc4)n3)cc2)cc1. The van der Waals surface area contributed by atoms with Gasteiger partial charge in [-0.15, -0.1) is 0 Å². The second kappa shape index (κ2) is 13.6. The maximum atomic E-state index is 5.34. The molecule has 0 N–H and O–H groups in total. The highest BCUT2D eigenvalue weighted by Crippen LogP contribution is 2.40. The summed E-state index contributed by atoms with van der Waals surface area (Å²) in [7, 11) is 0. The van der Waals surface area contributed by atoms with Gasteiger partial charge in [-0.2, -0.15) is 0 Å². The van der Waals surface area contributed by atoms with Gasteiger partial charge in [0, 0.05) is 33.2 Å². The second-order valence-corrected chi connectivity index (χ2v) is 14.6. The molecule has 2 aromatic heterocycles. The normalized spacial score (nSPS) is 11.5. The van der Waals surface area contributed by atoms with Crippen LogP contribution in [0.25, 0.3) is 105 Å². The van der Waals surface area contributed by atoms with Gasteiger partial charge < -0.3 is 4.57 Å². The number of hydrogen-bond acceptors (Lipinski definition) is 2. The van der Waals surface area contributed by atoms with Crippen LogP contribution in [-0.2, 0) is 0 Å². The lowest BCUT2D eigenvalue weighted by atomic mass is 9.91. The fourth-order valence-corrected chi connectivity index (χ4v) is 8.46.